The van der Waals surface area contributed by atoms with Gasteiger partial charge in [-0.15, -0.1) is 0 Å². The van der Waals surface area contributed by atoms with Gasteiger partial charge in [0.05, 0.1) is 4.92 Å². The summed E-state index contributed by atoms with van der Waals surface area (Å²) in [5.74, 6) is 0.136. The van der Waals surface area contributed by atoms with Crippen LogP contribution in [0.4, 0.5) is 5.69 Å². The minimum atomic E-state index is -0.390. The molecule has 1 fully saturated rings. The van der Waals surface area contributed by atoms with E-state index in [2.05, 4.69) is 12.2 Å². The molecule has 0 saturated carbocycles. The summed E-state index contributed by atoms with van der Waals surface area (Å²) >= 11 is 0. The molecule has 1 N–H and O–H groups in total. The van der Waals surface area contributed by atoms with Crippen molar-refractivity contribution >= 4 is 11.6 Å². The Morgan fingerprint density at radius 1 is 1.33 bits per heavy atom. The molecule has 1 aliphatic heterocycles. The number of hydrogen-bond donors (Lipinski definition) is 1. The molecule has 0 bridgehead atoms. The van der Waals surface area contributed by atoms with Gasteiger partial charge in [0.1, 0.15) is 0 Å². The van der Waals surface area contributed by atoms with Crippen LogP contribution < -0.4 is 5.32 Å². The number of carbonyl (C=O) groups is 1. The molecular formula is C15H21N3O3. The van der Waals surface area contributed by atoms with Crippen molar-refractivity contribution in [2.45, 2.75) is 38.8 Å². The van der Waals surface area contributed by atoms with Crippen molar-refractivity contribution < 1.29 is 9.72 Å². The molecule has 1 saturated heterocycles. The monoisotopic (exact) mass is 291 g/mol. The average Bonchev–Trinajstić information content (AvgIpc) is 2.47. The summed E-state index contributed by atoms with van der Waals surface area (Å²) < 4.78 is 0. The number of amides is 1. The first kappa shape index (κ1) is 15.4. The number of nitro benzene ring substituents is 1. The Balaban J connectivity index is 1.88. The van der Waals surface area contributed by atoms with Gasteiger partial charge in [-0.25, -0.2) is 0 Å². The first-order chi connectivity index (χ1) is 9.97. The van der Waals surface area contributed by atoms with Gasteiger partial charge in [-0.05, 0) is 25.3 Å². The van der Waals surface area contributed by atoms with Crippen molar-refractivity contribution in [3.8, 4) is 0 Å². The van der Waals surface area contributed by atoms with E-state index >= 15 is 0 Å². The Kier molecular flexibility index (Phi) is 4.90. The zero-order valence-corrected chi connectivity index (χ0v) is 12.4. The normalized spacial score (nSPS) is 17.5. The zero-order chi connectivity index (χ0) is 15.4. The minimum Gasteiger partial charge on any atom is -0.343 e. The van der Waals surface area contributed by atoms with Gasteiger partial charge in [0.25, 0.3) is 5.69 Å². The lowest BCUT2D eigenvalue weighted by Gasteiger charge is -2.33. The molecule has 1 aliphatic rings. The van der Waals surface area contributed by atoms with E-state index in [0.717, 1.165) is 31.5 Å². The maximum Gasteiger partial charge on any atom is 0.269 e. The first-order valence-corrected chi connectivity index (χ1v) is 7.23. The number of nitrogens with zero attached hydrogens (tertiary/aromatic N) is 2. The molecule has 1 aromatic carbocycles. The van der Waals surface area contributed by atoms with Gasteiger partial charge in [0.2, 0.25) is 5.91 Å². The Morgan fingerprint density at radius 3 is 2.38 bits per heavy atom. The molecular weight excluding hydrogens is 270 g/mol. The predicted molar refractivity (Wildman–Crippen MR) is 79.9 cm³/mol. The highest BCUT2D eigenvalue weighted by Gasteiger charge is 2.22. The second-order valence-electron chi connectivity index (χ2n) is 5.52. The second kappa shape index (κ2) is 6.67. The Bertz CT molecular complexity index is 507. The molecule has 0 spiro atoms. The number of non-ortho nitro benzene ring substituents is 1. The van der Waals surface area contributed by atoms with E-state index in [1.165, 1.54) is 12.1 Å². The number of nitro groups is 1. The van der Waals surface area contributed by atoms with Gasteiger partial charge < -0.3 is 10.2 Å². The summed E-state index contributed by atoms with van der Waals surface area (Å²) in [4.78, 5) is 23.4. The smallest absolute Gasteiger partial charge is 0.269 e. The van der Waals surface area contributed by atoms with Gasteiger partial charge in [0, 0.05) is 44.2 Å². The van der Waals surface area contributed by atoms with E-state index in [-0.39, 0.29) is 22.6 Å². The topological polar surface area (TPSA) is 75.5 Å². The van der Waals surface area contributed by atoms with Crippen LogP contribution in [0.3, 0.4) is 0 Å². The van der Waals surface area contributed by atoms with Crippen molar-refractivity contribution in [1.29, 1.82) is 0 Å². The quantitative estimate of drug-likeness (QED) is 0.682. The largest absolute Gasteiger partial charge is 0.343 e. The van der Waals surface area contributed by atoms with Crippen molar-refractivity contribution in [3.05, 3.63) is 39.9 Å². The highest BCUT2D eigenvalue weighted by atomic mass is 16.6. The van der Waals surface area contributed by atoms with Crippen LogP contribution in [0.25, 0.3) is 0 Å². The molecule has 1 aromatic rings. The molecule has 114 valence electrons. The third kappa shape index (κ3) is 4.01. The second-order valence-corrected chi connectivity index (χ2v) is 5.52. The van der Waals surface area contributed by atoms with Gasteiger partial charge >= 0.3 is 0 Å². The fraction of sp³-hybridized carbons (Fsp3) is 0.533. The van der Waals surface area contributed by atoms with E-state index in [1.54, 1.807) is 19.1 Å². The molecule has 6 heteroatoms. The molecule has 0 aliphatic carbocycles. The number of piperidine rings is 1. The number of nitrogens with one attached hydrogen (secondary N) is 1. The molecule has 1 unspecified atom stereocenters. The Labute approximate surface area is 124 Å². The maximum atomic E-state index is 11.3. The molecule has 0 radical (unpaired) electrons. The van der Waals surface area contributed by atoms with Crippen LogP contribution in [-0.2, 0) is 4.79 Å². The lowest BCUT2D eigenvalue weighted by atomic mass is 10.0. The summed E-state index contributed by atoms with van der Waals surface area (Å²) in [5, 5.41) is 14.2. The number of hydrogen-bond acceptors (Lipinski definition) is 4. The third-order valence-corrected chi connectivity index (χ3v) is 4.03. The van der Waals surface area contributed by atoms with Crippen LogP contribution in [0.1, 0.15) is 38.3 Å². The lowest BCUT2D eigenvalue weighted by molar-refractivity contribution is -0.384. The van der Waals surface area contributed by atoms with Crippen molar-refractivity contribution in [3.63, 3.8) is 0 Å². The average molecular weight is 291 g/mol. The number of rotatable bonds is 4. The minimum absolute atomic E-state index is 0.112. The Morgan fingerprint density at radius 2 is 1.90 bits per heavy atom. The highest BCUT2D eigenvalue weighted by molar-refractivity contribution is 5.73. The zero-order valence-electron chi connectivity index (χ0n) is 12.4. The number of benzene rings is 1. The summed E-state index contributed by atoms with van der Waals surface area (Å²) in [6, 6.07) is 7.17. The SMILES string of the molecule is CC(=O)N1CCC(NC(C)c2ccc([N+](=O)[O-])cc2)CC1. The van der Waals surface area contributed by atoms with E-state index in [0.29, 0.717) is 6.04 Å². The van der Waals surface area contributed by atoms with Gasteiger partial charge in [-0.2, -0.15) is 0 Å². The molecule has 21 heavy (non-hydrogen) atoms. The van der Waals surface area contributed by atoms with Crippen molar-refractivity contribution in [1.82, 2.24) is 10.2 Å². The molecule has 1 amide bonds. The number of carbonyl (C=O) groups excluding carboxylic acids is 1. The first-order valence-electron chi connectivity index (χ1n) is 7.23. The van der Waals surface area contributed by atoms with Crippen molar-refractivity contribution in [2.75, 3.05) is 13.1 Å². The summed E-state index contributed by atoms with van der Waals surface area (Å²) in [6.07, 6.45) is 1.88. The van der Waals surface area contributed by atoms with Crippen LogP contribution in [0.5, 0.6) is 0 Å². The van der Waals surface area contributed by atoms with Crippen LogP contribution in [0.2, 0.25) is 0 Å². The van der Waals surface area contributed by atoms with Gasteiger partial charge in [-0.1, -0.05) is 12.1 Å². The van der Waals surface area contributed by atoms with Gasteiger partial charge in [-0.3, -0.25) is 14.9 Å². The van der Waals surface area contributed by atoms with Crippen LogP contribution in [0.15, 0.2) is 24.3 Å². The van der Waals surface area contributed by atoms with Gasteiger partial charge in [0.15, 0.2) is 0 Å². The summed E-state index contributed by atoms with van der Waals surface area (Å²) in [7, 11) is 0. The number of likely N-dealkylation sites (tertiary alicyclic amines) is 1. The fourth-order valence-corrected chi connectivity index (χ4v) is 2.70. The van der Waals surface area contributed by atoms with E-state index in [9.17, 15) is 14.9 Å². The summed E-state index contributed by atoms with van der Waals surface area (Å²) in [6.45, 7) is 5.24. The maximum absolute atomic E-state index is 11.3. The molecule has 1 heterocycles. The summed E-state index contributed by atoms with van der Waals surface area (Å²) in [5.41, 5.74) is 1.15. The molecule has 0 aromatic heterocycles. The highest BCUT2D eigenvalue weighted by Crippen LogP contribution is 2.20. The van der Waals surface area contributed by atoms with Crippen LogP contribution in [0, 0.1) is 10.1 Å². The Hall–Kier alpha value is -1.95. The predicted octanol–water partition coefficient (Wildman–Crippen LogP) is 2.26. The van der Waals surface area contributed by atoms with Crippen LogP contribution >= 0.6 is 0 Å². The van der Waals surface area contributed by atoms with E-state index < -0.39 is 0 Å². The molecule has 2 rings (SSSR count). The van der Waals surface area contributed by atoms with Crippen LogP contribution in [-0.4, -0.2) is 34.9 Å². The third-order valence-electron chi connectivity index (χ3n) is 4.03. The molecule has 1 atom stereocenters. The fourth-order valence-electron chi connectivity index (χ4n) is 2.70. The van der Waals surface area contributed by atoms with Crippen molar-refractivity contribution in [2.24, 2.45) is 0 Å². The lowest BCUT2D eigenvalue weighted by Crippen LogP contribution is -2.44. The standard InChI is InChI=1S/C15H21N3O3/c1-11(13-3-5-15(6-4-13)18(20)21)16-14-7-9-17(10-8-14)12(2)19/h3-6,11,14,16H,7-10H2,1-2H3. The van der Waals surface area contributed by atoms with E-state index in [1.807, 2.05) is 4.90 Å². The molecule has 6 nitrogen and oxygen atoms in total. The van der Waals surface area contributed by atoms with E-state index in [4.69, 9.17) is 0 Å².